The largest absolute Gasteiger partial charge is 0.487 e. The van der Waals surface area contributed by atoms with Gasteiger partial charge in [0.05, 0.1) is 21.8 Å². The normalized spacial score (nSPS) is 16.8. The van der Waals surface area contributed by atoms with Crippen LogP contribution in [0.3, 0.4) is 0 Å². The van der Waals surface area contributed by atoms with Crippen molar-refractivity contribution in [1.82, 2.24) is 0 Å². The molecule has 1 aliphatic carbocycles. The van der Waals surface area contributed by atoms with Gasteiger partial charge in [0.25, 0.3) is 0 Å². The van der Waals surface area contributed by atoms with Gasteiger partial charge in [-0.3, -0.25) is 10.1 Å². The Morgan fingerprint density at radius 2 is 1.24 bits per heavy atom. The molecule has 45 heavy (non-hydrogen) atoms. The van der Waals surface area contributed by atoms with Crippen LogP contribution in [0.25, 0.3) is 41.1 Å². The SMILES string of the molecule is COc1sc(-c2ccc(-c3ccc([N+](=O)[O-])s3)s2)c(C)c1C1=C(c2c(C)sc(-c3ccccc3)c2C)C(F)(F)C(F)(F)C1(F)F. The van der Waals surface area contributed by atoms with Crippen molar-refractivity contribution in [2.45, 2.75) is 38.5 Å². The smallest absolute Gasteiger partial charge is 0.380 e. The van der Waals surface area contributed by atoms with Gasteiger partial charge in [-0.05, 0) is 55.7 Å². The predicted octanol–water partition coefficient (Wildman–Crippen LogP) is 11.6. The Morgan fingerprint density at radius 1 is 0.689 bits per heavy atom. The molecule has 0 radical (unpaired) electrons. The van der Waals surface area contributed by atoms with E-state index in [-0.39, 0.29) is 31.6 Å². The standard InChI is InChI=1S/C31H21F6NO3S4/c1-14-22(16(3)42-26(14)17-8-6-5-7-9-17)24-25(30(34,35)31(36,37)29(24,32)33)23-15(2)27(45-28(23)41-4)20-11-10-18(43-20)19-12-13-21(44-19)38(39)40/h5-13H,1-4H3. The van der Waals surface area contributed by atoms with E-state index in [1.807, 2.05) is 0 Å². The van der Waals surface area contributed by atoms with Crippen LogP contribution in [0.15, 0.2) is 54.6 Å². The molecule has 234 valence electrons. The molecule has 0 spiro atoms. The third-order valence-electron chi connectivity index (χ3n) is 7.67. The van der Waals surface area contributed by atoms with E-state index in [1.54, 1.807) is 48.5 Å². The number of halogens is 6. The highest BCUT2D eigenvalue weighted by Gasteiger charge is 2.81. The van der Waals surface area contributed by atoms with Gasteiger partial charge >= 0.3 is 22.8 Å². The summed E-state index contributed by atoms with van der Waals surface area (Å²) in [5.74, 6) is -16.2. The number of aryl methyl sites for hydroxylation is 1. The van der Waals surface area contributed by atoms with Crippen molar-refractivity contribution in [2.24, 2.45) is 0 Å². The van der Waals surface area contributed by atoms with Crippen molar-refractivity contribution < 1.29 is 36.0 Å². The minimum atomic E-state index is -5.72. The molecule has 0 atom stereocenters. The number of allylic oxidation sites excluding steroid dienone is 2. The third-order valence-corrected chi connectivity index (χ3v) is 12.7. The van der Waals surface area contributed by atoms with Crippen LogP contribution in [0.2, 0.25) is 0 Å². The molecule has 6 rings (SSSR count). The highest BCUT2D eigenvalue weighted by atomic mass is 32.1. The van der Waals surface area contributed by atoms with Crippen LogP contribution >= 0.6 is 45.3 Å². The van der Waals surface area contributed by atoms with E-state index < -0.39 is 39.4 Å². The quantitative estimate of drug-likeness (QED) is 0.0966. The van der Waals surface area contributed by atoms with Crippen molar-refractivity contribution in [3.05, 3.63) is 91.8 Å². The van der Waals surface area contributed by atoms with Crippen LogP contribution in [0, 0.1) is 30.9 Å². The Bertz CT molecular complexity index is 2000. The Kier molecular flexibility index (Phi) is 7.58. The number of hydrogen-bond acceptors (Lipinski definition) is 7. The molecule has 0 unspecified atom stereocenters. The fourth-order valence-electron chi connectivity index (χ4n) is 5.58. The van der Waals surface area contributed by atoms with Gasteiger partial charge in [-0.15, -0.1) is 22.7 Å². The van der Waals surface area contributed by atoms with Crippen LogP contribution in [-0.2, 0) is 0 Å². The summed E-state index contributed by atoms with van der Waals surface area (Å²) in [4.78, 5) is 13.5. The number of hydrogen-bond donors (Lipinski definition) is 0. The second-order valence-corrected chi connectivity index (χ2v) is 14.7. The second kappa shape index (κ2) is 10.8. The van der Waals surface area contributed by atoms with E-state index in [0.29, 0.717) is 29.9 Å². The molecule has 0 amide bonds. The fourth-order valence-corrected chi connectivity index (χ4v) is 9.97. The first kappa shape index (κ1) is 31.5. The van der Waals surface area contributed by atoms with Gasteiger partial charge in [0.1, 0.15) is 0 Å². The molecule has 14 heteroatoms. The molecule has 0 saturated heterocycles. The summed E-state index contributed by atoms with van der Waals surface area (Å²) in [5, 5.41) is 10.9. The number of nitro groups is 1. The molecule has 1 aliphatic rings. The zero-order chi connectivity index (χ0) is 32.6. The lowest BCUT2D eigenvalue weighted by molar-refractivity contribution is -0.380. The summed E-state index contributed by atoms with van der Waals surface area (Å²) >= 11 is 4.11. The van der Waals surface area contributed by atoms with E-state index in [1.165, 1.54) is 45.3 Å². The Morgan fingerprint density at radius 3 is 1.84 bits per heavy atom. The lowest BCUT2D eigenvalue weighted by Gasteiger charge is -2.26. The monoisotopic (exact) mass is 697 g/mol. The zero-order valence-electron chi connectivity index (χ0n) is 23.8. The first-order valence-electron chi connectivity index (χ1n) is 13.2. The number of benzene rings is 1. The van der Waals surface area contributed by atoms with Crippen LogP contribution < -0.4 is 4.74 Å². The molecule has 0 aliphatic heterocycles. The van der Waals surface area contributed by atoms with Gasteiger partial charge in [0.15, 0.2) is 5.06 Å². The van der Waals surface area contributed by atoms with Crippen molar-refractivity contribution in [3.8, 4) is 35.0 Å². The van der Waals surface area contributed by atoms with E-state index in [9.17, 15) is 10.1 Å². The molecule has 5 aromatic rings. The third kappa shape index (κ3) is 4.59. The Labute approximate surface area is 269 Å². The topological polar surface area (TPSA) is 52.4 Å². The summed E-state index contributed by atoms with van der Waals surface area (Å²) in [6.45, 7) is 4.35. The molecule has 0 bridgehead atoms. The van der Waals surface area contributed by atoms with Crippen molar-refractivity contribution in [2.75, 3.05) is 7.11 Å². The van der Waals surface area contributed by atoms with Crippen LogP contribution in [0.4, 0.5) is 31.3 Å². The van der Waals surface area contributed by atoms with E-state index in [4.69, 9.17) is 4.74 Å². The lowest BCUT2D eigenvalue weighted by Crippen LogP contribution is -2.49. The molecule has 4 aromatic heterocycles. The van der Waals surface area contributed by atoms with Crippen molar-refractivity contribution in [3.63, 3.8) is 0 Å². The van der Waals surface area contributed by atoms with Crippen molar-refractivity contribution in [1.29, 1.82) is 0 Å². The predicted molar refractivity (Wildman–Crippen MR) is 170 cm³/mol. The van der Waals surface area contributed by atoms with E-state index >= 15 is 26.3 Å². The summed E-state index contributed by atoms with van der Waals surface area (Å²) in [5.41, 5.74) is -2.77. The summed E-state index contributed by atoms with van der Waals surface area (Å²) in [6, 6.07) is 15.0. The average Bonchev–Trinajstić information content (AvgIpc) is 3.79. The van der Waals surface area contributed by atoms with Crippen LogP contribution in [0.1, 0.15) is 27.1 Å². The maximum Gasteiger partial charge on any atom is 0.380 e. The van der Waals surface area contributed by atoms with Gasteiger partial charge in [0, 0.05) is 47.8 Å². The van der Waals surface area contributed by atoms with Gasteiger partial charge in [-0.1, -0.05) is 53.0 Å². The lowest BCUT2D eigenvalue weighted by atomic mass is 9.91. The van der Waals surface area contributed by atoms with Crippen molar-refractivity contribution >= 4 is 61.5 Å². The molecule has 4 nitrogen and oxygen atoms in total. The molecule has 1 aromatic carbocycles. The molecule has 4 heterocycles. The van der Waals surface area contributed by atoms with Crippen LogP contribution in [0.5, 0.6) is 5.06 Å². The highest BCUT2D eigenvalue weighted by molar-refractivity contribution is 7.27. The Balaban J connectivity index is 1.59. The number of rotatable bonds is 7. The van der Waals surface area contributed by atoms with E-state index in [2.05, 4.69) is 0 Å². The minimum Gasteiger partial charge on any atom is -0.487 e. The summed E-state index contributed by atoms with van der Waals surface area (Å²) < 4.78 is 99.5. The number of thiophene rings is 4. The maximum absolute atomic E-state index is 15.9. The highest BCUT2D eigenvalue weighted by Crippen LogP contribution is 2.68. The molecule has 0 N–H and O–H groups in total. The van der Waals surface area contributed by atoms with Gasteiger partial charge in [0.2, 0.25) is 0 Å². The molecule has 0 fully saturated rings. The summed E-state index contributed by atoms with van der Waals surface area (Å²) in [6.07, 6.45) is 0. The summed E-state index contributed by atoms with van der Waals surface area (Å²) in [7, 11) is 1.17. The number of nitrogens with zero attached hydrogens (tertiary/aromatic N) is 1. The van der Waals surface area contributed by atoms with Gasteiger partial charge < -0.3 is 4.74 Å². The number of alkyl halides is 6. The first-order chi connectivity index (χ1) is 21.1. The number of ether oxygens (including phenoxy) is 1. The van der Waals surface area contributed by atoms with Crippen LogP contribution in [-0.4, -0.2) is 29.8 Å². The average molecular weight is 698 g/mol. The molecular formula is C31H21F6NO3S4. The Hall–Kier alpha value is -3.46. The van der Waals surface area contributed by atoms with E-state index in [0.717, 1.165) is 34.0 Å². The van der Waals surface area contributed by atoms with Gasteiger partial charge in [-0.25, -0.2) is 0 Å². The zero-order valence-corrected chi connectivity index (χ0v) is 27.0. The molecule has 0 saturated carbocycles. The fraction of sp³-hybridized carbons (Fsp3) is 0.226. The number of methoxy groups -OCH3 is 1. The first-order valence-corrected chi connectivity index (χ1v) is 16.5. The molecular weight excluding hydrogens is 677 g/mol. The minimum absolute atomic E-state index is 0.0598. The maximum atomic E-state index is 15.9. The van der Waals surface area contributed by atoms with Gasteiger partial charge in [-0.2, -0.15) is 26.3 Å². The second-order valence-electron chi connectivity index (χ2n) is 10.3.